The summed E-state index contributed by atoms with van der Waals surface area (Å²) in [5.74, 6) is 0.129. The molecule has 3 aromatic rings. The number of anilines is 1. The smallest absolute Gasteiger partial charge is 0.397 e. The Morgan fingerprint density at radius 1 is 1.11 bits per heavy atom. The molecule has 0 spiro atoms. The molecule has 248 valence electrons. The van der Waals surface area contributed by atoms with E-state index in [1.807, 2.05) is 43.4 Å². The Morgan fingerprint density at radius 3 is 2.61 bits per heavy atom. The molecule has 0 aliphatic carbocycles. The number of carboxylic acid groups (broad SMARTS) is 1. The number of nitrogens with zero attached hydrogens (tertiary/aromatic N) is 6. The van der Waals surface area contributed by atoms with Crippen molar-refractivity contribution >= 4 is 41.5 Å². The van der Waals surface area contributed by atoms with Crippen LogP contribution in [0.1, 0.15) is 57.6 Å². The van der Waals surface area contributed by atoms with Crippen molar-refractivity contribution in [2.24, 2.45) is 10.4 Å². The molecule has 0 saturated heterocycles. The van der Waals surface area contributed by atoms with E-state index in [4.69, 9.17) is 9.72 Å². The maximum absolute atomic E-state index is 13.4. The number of benzene rings is 1. The number of aliphatic carboxylic acids is 1. The third-order valence-electron chi connectivity index (χ3n) is 7.47. The van der Waals surface area contributed by atoms with Gasteiger partial charge in [-0.2, -0.15) is 18.0 Å². The molecule has 2 bridgehead atoms. The Morgan fingerprint density at radius 2 is 1.87 bits per heavy atom. The first-order valence-corrected chi connectivity index (χ1v) is 15.9. The van der Waals surface area contributed by atoms with Crippen molar-refractivity contribution in [3.05, 3.63) is 65.9 Å². The molecular formula is C32H40F3N7O3S. The van der Waals surface area contributed by atoms with Gasteiger partial charge in [0.05, 0.1) is 5.41 Å². The number of alkyl halides is 3. The van der Waals surface area contributed by atoms with Crippen molar-refractivity contribution in [2.45, 2.75) is 64.1 Å². The van der Waals surface area contributed by atoms with Crippen molar-refractivity contribution in [1.29, 1.82) is 0 Å². The van der Waals surface area contributed by atoms with Gasteiger partial charge >= 0.3 is 12.1 Å². The van der Waals surface area contributed by atoms with Crippen molar-refractivity contribution in [3.8, 4) is 5.88 Å². The van der Waals surface area contributed by atoms with E-state index in [-0.39, 0.29) is 12.4 Å². The average Bonchev–Trinajstić information content (AvgIpc) is 3.48. The summed E-state index contributed by atoms with van der Waals surface area (Å²) in [6, 6.07) is 15.0. The summed E-state index contributed by atoms with van der Waals surface area (Å²) in [5.41, 5.74) is 0.618. The molecule has 1 aliphatic rings. The lowest BCUT2D eigenvalue weighted by Crippen LogP contribution is -2.37. The summed E-state index contributed by atoms with van der Waals surface area (Å²) in [5, 5.41) is 16.4. The minimum atomic E-state index is -4.43. The standard InChI is InChI=1S/C32H40F3N7O3S/c1-5-36-30(42-20-18-26(38-42)45-22-31(2,3)32(33,34)35)29-24-15-10-9-14-23(24)13-8-6-7-11-19-41(21-28(43)44)25-16-12-17-27(37-25)46-39-40(29)4/h5,9-10,12,14-18,20,39H,6-8,11,13,19,21-22H2,1-4H3,(H,43,44)/b30-29+,36-5-. The molecule has 0 radical (unpaired) electrons. The molecule has 0 unspecified atom stereocenters. The van der Waals surface area contributed by atoms with Gasteiger partial charge in [-0.3, -0.25) is 9.80 Å². The maximum atomic E-state index is 13.4. The van der Waals surface area contributed by atoms with E-state index in [2.05, 4.69) is 21.0 Å². The van der Waals surface area contributed by atoms with Gasteiger partial charge in [0, 0.05) is 37.6 Å². The number of halogens is 3. The number of aryl methyl sites for hydroxylation is 1. The fourth-order valence-corrected chi connectivity index (χ4v) is 5.42. The molecule has 3 heterocycles. The van der Waals surface area contributed by atoms with Crippen molar-refractivity contribution in [1.82, 2.24) is 24.6 Å². The van der Waals surface area contributed by atoms with Crippen LogP contribution in [-0.4, -0.2) is 70.0 Å². The van der Waals surface area contributed by atoms with Gasteiger partial charge < -0.3 is 14.7 Å². The van der Waals surface area contributed by atoms with Gasteiger partial charge in [-0.05, 0) is 69.7 Å². The second kappa shape index (κ2) is 15.5. The number of pyridine rings is 1. The highest BCUT2D eigenvalue weighted by atomic mass is 32.2. The molecule has 2 aromatic heterocycles. The van der Waals surface area contributed by atoms with Crippen LogP contribution in [0.2, 0.25) is 0 Å². The van der Waals surface area contributed by atoms with E-state index in [9.17, 15) is 23.1 Å². The number of hydrogen-bond acceptors (Lipinski definition) is 9. The molecule has 46 heavy (non-hydrogen) atoms. The number of ether oxygens (including phenoxy) is 1. The van der Waals surface area contributed by atoms with Gasteiger partial charge in [0.25, 0.3) is 0 Å². The Balaban J connectivity index is 1.75. The zero-order valence-electron chi connectivity index (χ0n) is 26.4. The van der Waals surface area contributed by atoms with Crippen LogP contribution < -0.4 is 14.5 Å². The Hall–Kier alpha value is -4.04. The van der Waals surface area contributed by atoms with Gasteiger partial charge in [0.1, 0.15) is 29.7 Å². The summed E-state index contributed by atoms with van der Waals surface area (Å²) in [6.45, 7) is 3.80. The number of fused-ring (bicyclic) bond motifs is 3. The van der Waals surface area contributed by atoms with Crippen LogP contribution in [0.3, 0.4) is 0 Å². The van der Waals surface area contributed by atoms with Crippen LogP contribution in [0.5, 0.6) is 5.88 Å². The fourth-order valence-electron chi connectivity index (χ4n) is 4.82. The third kappa shape index (κ3) is 9.03. The lowest BCUT2D eigenvalue weighted by Gasteiger charge is -2.27. The summed E-state index contributed by atoms with van der Waals surface area (Å²) in [4.78, 5) is 26.1. The molecule has 2 N–H and O–H groups in total. The third-order valence-corrected chi connectivity index (χ3v) is 8.27. The fraction of sp³-hybridized carbons (Fsp3) is 0.438. The molecule has 10 nitrogen and oxygen atoms in total. The second-order valence-electron chi connectivity index (χ2n) is 11.6. The van der Waals surface area contributed by atoms with Gasteiger partial charge in [0.15, 0.2) is 5.82 Å². The Bertz CT molecular complexity index is 1540. The minimum Gasteiger partial charge on any atom is -0.480 e. The van der Waals surface area contributed by atoms with E-state index in [0.29, 0.717) is 28.9 Å². The monoisotopic (exact) mass is 659 g/mol. The van der Waals surface area contributed by atoms with Crippen LogP contribution >= 0.6 is 11.9 Å². The predicted molar refractivity (Wildman–Crippen MR) is 174 cm³/mol. The quantitative estimate of drug-likeness (QED) is 0.210. The van der Waals surface area contributed by atoms with Crippen LogP contribution in [0.25, 0.3) is 11.5 Å². The highest BCUT2D eigenvalue weighted by Crippen LogP contribution is 2.38. The molecule has 1 aliphatic heterocycles. The topological polar surface area (TPSA) is 108 Å². The summed E-state index contributed by atoms with van der Waals surface area (Å²) in [6.07, 6.45) is 3.24. The molecule has 0 saturated carbocycles. The number of carbonyl (C=O) groups is 1. The average molecular weight is 660 g/mol. The lowest BCUT2D eigenvalue weighted by atomic mass is 9.94. The second-order valence-corrected chi connectivity index (χ2v) is 12.4. The molecule has 4 rings (SSSR count). The van der Waals surface area contributed by atoms with Crippen LogP contribution in [0, 0.1) is 5.41 Å². The number of aliphatic imine (C=N–C) groups is 1. The van der Waals surface area contributed by atoms with E-state index in [1.54, 1.807) is 29.2 Å². The highest BCUT2D eigenvalue weighted by molar-refractivity contribution is 7.97. The predicted octanol–water partition coefficient (Wildman–Crippen LogP) is 6.77. The van der Waals surface area contributed by atoms with Crippen LogP contribution in [0.15, 0.2) is 64.7 Å². The van der Waals surface area contributed by atoms with Gasteiger partial charge in [-0.15, -0.1) is 5.10 Å². The summed E-state index contributed by atoms with van der Waals surface area (Å²) < 4.78 is 47.3. The van der Waals surface area contributed by atoms with Crippen molar-refractivity contribution < 1.29 is 27.8 Å². The number of nitrogens with one attached hydrogen (secondary N) is 1. The van der Waals surface area contributed by atoms with Crippen LogP contribution in [-0.2, 0) is 11.2 Å². The minimum absolute atomic E-state index is 0.0418. The molecule has 0 amide bonds. The largest absolute Gasteiger partial charge is 0.480 e. The van der Waals surface area contributed by atoms with E-state index < -0.39 is 24.2 Å². The first kappa shape index (κ1) is 34.8. The normalized spacial score (nSPS) is 16.8. The van der Waals surface area contributed by atoms with Crippen LogP contribution in [0.4, 0.5) is 19.0 Å². The van der Waals surface area contributed by atoms with Crippen molar-refractivity contribution in [2.75, 3.05) is 31.6 Å². The first-order chi connectivity index (χ1) is 21.9. The molecular weight excluding hydrogens is 619 g/mol. The number of hydrogen-bond donors (Lipinski definition) is 2. The van der Waals surface area contributed by atoms with Gasteiger partial charge in [0.2, 0.25) is 5.88 Å². The van der Waals surface area contributed by atoms with Gasteiger partial charge in [-0.1, -0.05) is 43.2 Å². The van der Waals surface area contributed by atoms with Crippen molar-refractivity contribution in [3.63, 3.8) is 0 Å². The number of rotatable bonds is 7. The SMILES string of the molecule is C/C=N\C(=C1\c2ccccc2CCCCCCN(CC(=O)O)c2cccc(n2)SNN1C)n1ccc(OCC(C)(C)C(F)(F)F)n1. The lowest BCUT2D eigenvalue weighted by molar-refractivity contribution is -0.219. The summed E-state index contributed by atoms with van der Waals surface area (Å²) in [7, 11) is 1.83. The zero-order valence-corrected chi connectivity index (χ0v) is 27.2. The number of carboxylic acids is 1. The first-order valence-electron chi connectivity index (χ1n) is 15.1. The molecule has 0 atom stereocenters. The van der Waals surface area contributed by atoms with E-state index in [1.165, 1.54) is 22.7 Å². The van der Waals surface area contributed by atoms with E-state index in [0.717, 1.165) is 57.1 Å². The number of hydrazine groups is 1. The Labute approximate surface area is 271 Å². The van der Waals surface area contributed by atoms with Gasteiger partial charge in [-0.25, -0.2) is 14.7 Å². The number of aromatic nitrogens is 3. The zero-order chi connectivity index (χ0) is 33.3. The summed E-state index contributed by atoms with van der Waals surface area (Å²) >= 11 is 1.25. The van der Waals surface area contributed by atoms with E-state index >= 15 is 0 Å². The maximum Gasteiger partial charge on any atom is 0.397 e. The molecule has 14 heteroatoms. The Kier molecular flexibility index (Phi) is 11.7. The molecule has 0 fully saturated rings. The molecule has 1 aromatic carbocycles. The highest BCUT2D eigenvalue weighted by Gasteiger charge is 2.48.